The molecule has 2 aromatic carbocycles. The Hall–Kier alpha value is -2.86. The van der Waals surface area contributed by atoms with Gasteiger partial charge in [0.05, 0.1) is 31.8 Å². The van der Waals surface area contributed by atoms with Crippen LogP contribution in [0.3, 0.4) is 0 Å². The molecule has 2 bridgehead atoms. The second-order valence-corrected chi connectivity index (χ2v) is 10.3. The molecule has 186 valence electrons. The van der Waals surface area contributed by atoms with Crippen LogP contribution in [0.2, 0.25) is 0 Å². The first-order chi connectivity index (χ1) is 17.1. The molecule has 2 aromatic rings. The van der Waals surface area contributed by atoms with E-state index < -0.39 is 17.7 Å². The number of benzene rings is 2. The number of hydrogen-bond donors (Lipinski definition) is 0. The van der Waals surface area contributed by atoms with E-state index in [4.69, 9.17) is 14.2 Å². The lowest BCUT2D eigenvalue weighted by Gasteiger charge is -2.47. The first-order valence-corrected chi connectivity index (χ1v) is 13.1. The average Bonchev–Trinajstić information content (AvgIpc) is 3.43. The number of piperidine rings is 1. The molecule has 0 radical (unpaired) electrons. The summed E-state index contributed by atoms with van der Waals surface area (Å²) in [6.45, 7) is 4.66. The lowest BCUT2D eigenvalue weighted by atomic mass is 9.85. The molecule has 6 nitrogen and oxygen atoms in total. The van der Waals surface area contributed by atoms with Crippen molar-refractivity contribution in [2.75, 3.05) is 19.7 Å². The molecule has 2 atom stereocenters. The molecule has 0 saturated carbocycles. The summed E-state index contributed by atoms with van der Waals surface area (Å²) in [7, 11) is 0. The number of carbonyl (C=O) groups is 2. The Morgan fingerprint density at radius 3 is 1.94 bits per heavy atom. The Balaban J connectivity index is 1.46. The van der Waals surface area contributed by atoms with Gasteiger partial charge in [0.1, 0.15) is 6.10 Å². The minimum absolute atomic E-state index is 0.175. The van der Waals surface area contributed by atoms with E-state index in [1.54, 1.807) is 24.3 Å². The fourth-order valence-electron chi connectivity index (χ4n) is 6.79. The van der Waals surface area contributed by atoms with Crippen molar-refractivity contribution in [2.45, 2.75) is 75.7 Å². The molecule has 35 heavy (non-hydrogen) atoms. The average molecular weight is 479 g/mol. The summed E-state index contributed by atoms with van der Waals surface area (Å²) >= 11 is 0. The number of nitrogens with zero attached hydrogens (tertiary/aromatic N) is 1. The summed E-state index contributed by atoms with van der Waals surface area (Å²) in [5.74, 6) is -0.553. The van der Waals surface area contributed by atoms with E-state index >= 15 is 0 Å². The van der Waals surface area contributed by atoms with Gasteiger partial charge in [0, 0.05) is 49.7 Å². The maximum Gasteiger partial charge on any atom is 0.510 e. The highest BCUT2D eigenvalue weighted by Gasteiger charge is 2.57. The number of carbonyl (C=O) groups excluding carboxylic acids is 2. The van der Waals surface area contributed by atoms with Crippen molar-refractivity contribution >= 4 is 12.1 Å². The quantitative estimate of drug-likeness (QED) is 0.397. The lowest BCUT2D eigenvalue weighted by molar-refractivity contribution is -0.956. The molecule has 2 unspecified atom stereocenters. The SMILES string of the molecule is CCCOC(=O)OC(C(=O)OC1CC2CCC(C1)[N+]21CCCC1)(c1ccccc1)c1ccccc1. The van der Waals surface area contributed by atoms with Gasteiger partial charge < -0.3 is 18.7 Å². The maximum atomic E-state index is 14.1. The Morgan fingerprint density at radius 1 is 0.886 bits per heavy atom. The van der Waals surface area contributed by atoms with Gasteiger partial charge in [-0.25, -0.2) is 9.59 Å². The van der Waals surface area contributed by atoms with Gasteiger partial charge in [0.15, 0.2) is 0 Å². The van der Waals surface area contributed by atoms with E-state index in [1.807, 2.05) is 43.3 Å². The third-order valence-electron chi connectivity index (χ3n) is 8.34. The van der Waals surface area contributed by atoms with E-state index in [0.717, 1.165) is 12.8 Å². The van der Waals surface area contributed by atoms with E-state index in [1.165, 1.54) is 43.3 Å². The molecule has 3 aliphatic heterocycles. The first-order valence-electron chi connectivity index (χ1n) is 13.1. The summed E-state index contributed by atoms with van der Waals surface area (Å²) in [4.78, 5) is 26.9. The lowest BCUT2D eigenvalue weighted by Crippen LogP contribution is -2.60. The predicted molar refractivity (Wildman–Crippen MR) is 132 cm³/mol. The molecule has 6 heteroatoms. The van der Waals surface area contributed by atoms with Crippen LogP contribution in [0.4, 0.5) is 4.79 Å². The summed E-state index contributed by atoms with van der Waals surface area (Å²) in [5.41, 5.74) is -0.637. The zero-order chi connectivity index (χ0) is 24.3. The molecule has 0 N–H and O–H groups in total. The highest BCUT2D eigenvalue weighted by Crippen LogP contribution is 2.47. The Labute approximate surface area is 207 Å². The third kappa shape index (κ3) is 4.33. The van der Waals surface area contributed by atoms with Gasteiger partial charge in [-0.05, 0) is 6.42 Å². The van der Waals surface area contributed by atoms with Crippen LogP contribution in [0.15, 0.2) is 60.7 Å². The molecular formula is C29H36NO5+. The fraction of sp³-hybridized carbons (Fsp3) is 0.517. The highest BCUT2D eigenvalue weighted by atomic mass is 16.7. The Morgan fingerprint density at radius 2 is 1.43 bits per heavy atom. The number of ether oxygens (including phenoxy) is 3. The minimum atomic E-state index is -1.73. The second kappa shape index (κ2) is 10.0. The van der Waals surface area contributed by atoms with Gasteiger partial charge in [0.2, 0.25) is 0 Å². The van der Waals surface area contributed by atoms with Crippen molar-refractivity contribution in [3.8, 4) is 0 Å². The smallest absolute Gasteiger partial charge is 0.458 e. The van der Waals surface area contributed by atoms with Gasteiger partial charge in [-0.15, -0.1) is 0 Å². The van der Waals surface area contributed by atoms with Crippen LogP contribution >= 0.6 is 0 Å². The highest BCUT2D eigenvalue weighted by molar-refractivity contribution is 5.88. The summed E-state index contributed by atoms with van der Waals surface area (Å²) < 4.78 is 18.7. The van der Waals surface area contributed by atoms with E-state index in [0.29, 0.717) is 29.6 Å². The Kier molecular flexibility index (Phi) is 6.83. The number of quaternary nitrogens is 1. The molecule has 5 rings (SSSR count). The third-order valence-corrected chi connectivity index (χ3v) is 8.34. The van der Waals surface area contributed by atoms with E-state index in [-0.39, 0.29) is 12.7 Å². The van der Waals surface area contributed by atoms with Crippen molar-refractivity contribution in [2.24, 2.45) is 0 Å². The summed E-state index contributed by atoms with van der Waals surface area (Å²) in [6.07, 6.45) is 6.39. The van der Waals surface area contributed by atoms with Crippen molar-refractivity contribution in [1.29, 1.82) is 0 Å². The van der Waals surface area contributed by atoms with Crippen molar-refractivity contribution in [3.63, 3.8) is 0 Å². The van der Waals surface area contributed by atoms with Crippen LogP contribution < -0.4 is 0 Å². The normalized spacial score (nSPS) is 24.8. The number of rotatable bonds is 7. The Bertz CT molecular complexity index is 962. The number of hydrogen-bond acceptors (Lipinski definition) is 5. The monoisotopic (exact) mass is 478 g/mol. The predicted octanol–water partition coefficient (Wildman–Crippen LogP) is 5.34. The standard InChI is InChI=1S/C29H36NO5/c1-2-19-33-28(32)35-29(22-11-5-3-6-12-22,23-13-7-4-8-14-23)27(31)34-26-20-24-15-16-25(21-26)30(24)17-9-10-18-30/h3-8,11-14,24-26H,2,9-10,15-21H2,1H3/q+1. The summed E-state index contributed by atoms with van der Waals surface area (Å²) in [6, 6.07) is 19.4. The van der Waals surface area contributed by atoms with Crippen LogP contribution in [-0.4, -0.2) is 54.5 Å². The molecular weight excluding hydrogens is 442 g/mol. The van der Waals surface area contributed by atoms with Crippen LogP contribution in [0.25, 0.3) is 0 Å². The molecule has 3 aliphatic rings. The van der Waals surface area contributed by atoms with Crippen LogP contribution in [0.5, 0.6) is 0 Å². The van der Waals surface area contributed by atoms with Gasteiger partial charge in [-0.1, -0.05) is 67.6 Å². The molecule has 3 heterocycles. The largest absolute Gasteiger partial charge is 0.510 e. The fourth-order valence-corrected chi connectivity index (χ4v) is 6.79. The molecule has 0 amide bonds. The molecule has 0 aromatic heterocycles. The van der Waals surface area contributed by atoms with Crippen LogP contribution in [0, 0.1) is 0 Å². The summed E-state index contributed by atoms with van der Waals surface area (Å²) in [5, 5.41) is 0. The zero-order valence-corrected chi connectivity index (χ0v) is 20.6. The molecule has 3 fully saturated rings. The van der Waals surface area contributed by atoms with Crippen molar-refractivity contribution in [3.05, 3.63) is 71.8 Å². The van der Waals surface area contributed by atoms with Gasteiger partial charge in [-0.3, -0.25) is 0 Å². The van der Waals surface area contributed by atoms with Crippen LogP contribution in [-0.2, 0) is 24.6 Å². The van der Waals surface area contributed by atoms with Gasteiger partial charge in [-0.2, -0.15) is 0 Å². The topological polar surface area (TPSA) is 61.8 Å². The van der Waals surface area contributed by atoms with E-state index in [9.17, 15) is 9.59 Å². The second-order valence-electron chi connectivity index (χ2n) is 10.3. The minimum Gasteiger partial charge on any atom is -0.458 e. The zero-order valence-electron chi connectivity index (χ0n) is 20.6. The van der Waals surface area contributed by atoms with Gasteiger partial charge in [0.25, 0.3) is 5.60 Å². The van der Waals surface area contributed by atoms with E-state index in [2.05, 4.69) is 0 Å². The van der Waals surface area contributed by atoms with Crippen LogP contribution in [0.1, 0.15) is 63.0 Å². The van der Waals surface area contributed by atoms with Crippen molar-refractivity contribution in [1.82, 2.24) is 0 Å². The molecule has 3 saturated heterocycles. The molecule has 1 spiro atoms. The van der Waals surface area contributed by atoms with Crippen molar-refractivity contribution < 1.29 is 28.3 Å². The maximum absolute atomic E-state index is 14.1. The number of esters is 1. The first kappa shape index (κ1) is 23.9. The molecule has 0 aliphatic carbocycles. The van der Waals surface area contributed by atoms with Gasteiger partial charge >= 0.3 is 12.1 Å².